The highest BCUT2D eigenvalue weighted by Gasteiger charge is 2.37. The van der Waals surface area contributed by atoms with E-state index in [9.17, 15) is 9.59 Å². The summed E-state index contributed by atoms with van der Waals surface area (Å²) in [5.74, 6) is 0.372. The number of hydrogen-bond acceptors (Lipinski definition) is 3. The Hall–Kier alpha value is -2.47. The molecule has 6 heteroatoms. The number of fused-ring (bicyclic) bond motifs is 2. The van der Waals surface area contributed by atoms with Crippen molar-refractivity contribution < 1.29 is 4.79 Å². The van der Waals surface area contributed by atoms with Crippen LogP contribution in [0.1, 0.15) is 30.7 Å². The molecule has 1 aromatic heterocycles. The largest absolute Gasteiger partial charge is 0.312 e. The Morgan fingerprint density at radius 3 is 2.70 bits per heavy atom. The van der Waals surface area contributed by atoms with Gasteiger partial charge in [0.05, 0.1) is 16.8 Å². The van der Waals surface area contributed by atoms with Crippen molar-refractivity contribution in [3.05, 3.63) is 68.7 Å². The zero-order valence-corrected chi connectivity index (χ0v) is 16.9. The van der Waals surface area contributed by atoms with Gasteiger partial charge in [-0.3, -0.25) is 14.2 Å². The van der Waals surface area contributed by atoms with Crippen LogP contribution in [-0.2, 0) is 18.3 Å². The number of benzene rings is 2. The second-order valence-corrected chi connectivity index (χ2v) is 7.77. The van der Waals surface area contributed by atoms with Crippen LogP contribution in [0.3, 0.4) is 0 Å². The Bertz CT molecular complexity index is 1110. The molecule has 0 saturated heterocycles. The third-order valence-electron chi connectivity index (χ3n) is 5.13. The van der Waals surface area contributed by atoms with Gasteiger partial charge in [0.1, 0.15) is 5.82 Å². The maximum absolute atomic E-state index is 13.1. The molecule has 0 saturated carbocycles. The minimum Gasteiger partial charge on any atom is -0.312 e. The predicted molar refractivity (Wildman–Crippen MR) is 110 cm³/mol. The first-order valence-electron chi connectivity index (χ1n) is 9.06. The van der Waals surface area contributed by atoms with Gasteiger partial charge in [0.15, 0.2) is 0 Å². The summed E-state index contributed by atoms with van der Waals surface area (Å²) in [7, 11) is 1.72. The van der Waals surface area contributed by atoms with E-state index in [1.54, 1.807) is 17.7 Å². The highest BCUT2D eigenvalue weighted by Crippen LogP contribution is 2.40. The molecule has 5 nitrogen and oxygen atoms in total. The molecule has 0 aliphatic carbocycles. The molecular formula is C21H20BrN3O2. The molecule has 1 amide bonds. The van der Waals surface area contributed by atoms with Gasteiger partial charge >= 0.3 is 0 Å². The lowest BCUT2D eigenvalue weighted by Crippen LogP contribution is -2.31. The molecule has 0 fully saturated rings. The minimum atomic E-state index is -0.330. The molecule has 2 heterocycles. The Morgan fingerprint density at radius 1 is 1.15 bits per heavy atom. The van der Waals surface area contributed by atoms with Crippen LogP contribution in [0, 0.1) is 0 Å². The van der Waals surface area contributed by atoms with Crippen LogP contribution in [0.5, 0.6) is 0 Å². The monoisotopic (exact) mass is 425 g/mol. The standard InChI is InChI=1S/C21H20BrN3O2/c1-3-10-25-18-9-8-13(22)11-15(18)16(21(25)27)12-19-23-17-7-5-4-6-14(17)20(26)24(19)2/h4-9,11,16H,3,10,12H2,1-2H3. The number of rotatable bonds is 4. The molecule has 0 N–H and O–H groups in total. The van der Waals surface area contributed by atoms with Crippen molar-refractivity contribution in [2.75, 3.05) is 11.4 Å². The first kappa shape index (κ1) is 17.9. The summed E-state index contributed by atoms with van der Waals surface area (Å²) in [4.78, 5) is 32.3. The lowest BCUT2D eigenvalue weighted by Gasteiger charge is -2.17. The number of nitrogens with zero attached hydrogens (tertiary/aromatic N) is 3. The summed E-state index contributed by atoms with van der Waals surface area (Å²) in [6.07, 6.45) is 1.29. The van der Waals surface area contributed by atoms with Gasteiger partial charge in [-0.1, -0.05) is 35.0 Å². The van der Waals surface area contributed by atoms with Crippen LogP contribution >= 0.6 is 15.9 Å². The van der Waals surface area contributed by atoms with Crippen LogP contribution in [0.4, 0.5) is 5.69 Å². The van der Waals surface area contributed by atoms with Crippen LogP contribution < -0.4 is 10.5 Å². The number of halogens is 1. The molecule has 0 spiro atoms. The molecule has 2 aromatic carbocycles. The van der Waals surface area contributed by atoms with Gasteiger partial charge in [0.2, 0.25) is 5.91 Å². The summed E-state index contributed by atoms with van der Waals surface area (Å²) in [5.41, 5.74) is 2.54. The summed E-state index contributed by atoms with van der Waals surface area (Å²) in [6, 6.07) is 13.3. The van der Waals surface area contributed by atoms with E-state index in [0.717, 1.165) is 22.1 Å². The van der Waals surface area contributed by atoms with Crippen LogP contribution in [0.25, 0.3) is 10.9 Å². The molecule has 0 bridgehead atoms. The van der Waals surface area contributed by atoms with Gasteiger partial charge in [0, 0.05) is 30.2 Å². The molecule has 1 unspecified atom stereocenters. The molecule has 1 atom stereocenters. The molecule has 27 heavy (non-hydrogen) atoms. The fourth-order valence-electron chi connectivity index (χ4n) is 3.77. The van der Waals surface area contributed by atoms with Crippen molar-refractivity contribution in [2.45, 2.75) is 25.7 Å². The summed E-state index contributed by atoms with van der Waals surface area (Å²) < 4.78 is 2.51. The molecule has 4 rings (SSSR count). The number of anilines is 1. The van der Waals surface area contributed by atoms with E-state index in [2.05, 4.69) is 27.8 Å². The average molecular weight is 426 g/mol. The Balaban J connectivity index is 1.80. The van der Waals surface area contributed by atoms with Crippen molar-refractivity contribution >= 4 is 38.4 Å². The van der Waals surface area contributed by atoms with Gasteiger partial charge in [-0.15, -0.1) is 0 Å². The Morgan fingerprint density at radius 2 is 1.93 bits per heavy atom. The maximum atomic E-state index is 13.1. The van der Waals surface area contributed by atoms with Gasteiger partial charge in [-0.25, -0.2) is 4.98 Å². The van der Waals surface area contributed by atoms with E-state index < -0.39 is 0 Å². The van der Waals surface area contributed by atoms with E-state index in [1.165, 1.54) is 0 Å². The molecule has 1 aliphatic heterocycles. The zero-order chi connectivity index (χ0) is 19.1. The fourth-order valence-corrected chi connectivity index (χ4v) is 4.15. The topological polar surface area (TPSA) is 55.2 Å². The summed E-state index contributed by atoms with van der Waals surface area (Å²) >= 11 is 3.51. The summed E-state index contributed by atoms with van der Waals surface area (Å²) in [6.45, 7) is 2.75. The van der Waals surface area contributed by atoms with Crippen molar-refractivity contribution in [3.8, 4) is 0 Å². The number of amides is 1. The Kier molecular flexibility index (Phi) is 4.60. The van der Waals surface area contributed by atoms with Crippen molar-refractivity contribution in [1.82, 2.24) is 9.55 Å². The molecule has 1 aliphatic rings. The average Bonchev–Trinajstić information content (AvgIpc) is 2.91. The van der Waals surface area contributed by atoms with E-state index in [1.807, 2.05) is 41.3 Å². The van der Waals surface area contributed by atoms with Crippen LogP contribution in [0.15, 0.2) is 51.7 Å². The van der Waals surface area contributed by atoms with E-state index in [-0.39, 0.29) is 17.4 Å². The van der Waals surface area contributed by atoms with E-state index in [4.69, 9.17) is 0 Å². The van der Waals surface area contributed by atoms with Gasteiger partial charge < -0.3 is 4.90 Å². The molecule has 0 radical (unpaired) electrons. The number of hydrogen-bond donors (Lipinski definition) is 0. The van der Waals surface area contributed by atoms with Crippen LogP contribution in [0.2, 0.25) is 0 Å². The number of aromatic nitrogens is 2. The highest BCUT2D eigenvalue weighted by molar-refractivity contribution is 9.10. The molecule has 138 valence electrons. The van der Waals surface area contributed by atoms with Gasteiger partial charge in [-0.2, -0.15) is 0 Å². The first-order valence-corrected chi connectivity index (χ1v) is 9.86. The van der Waals surface area contributed by atoms with Crippen molar-refractivity contribution in [1.29, 1.82) is 0 Å². The maximum Gasteiger partial charge on any atom is 0.261 e. The van der Waals surface area contributed by atoms with Gasteiger partial charge in [0.25, 0.3) is 5.56 Å². The van der Waals surface area contributed by atoms with Gasteiger partial charge in [-0.05, 0) is 42.3 Å². The highest BCUT2D eigenvalue weighted by atomic mass is 79.9. The molecule has 3 aromatic rings. The number of para-hydroxylation sites is 1. The lowest BCUT2D eigenvalue weighted by atomic mass is 9.96. The summed E-state index contributed by atoms with van der Waals surface area (Å²) in [5, 5.41) is 0.595. The SMILES string of the molecule is CCCN1C(=O)C(Cc2nc3ccccc3c(=O)n2C)c2cc(Br)ccc21. The fraction of sp³-hybridized carbons (Fsp3) is 0.286. The quantitative estimate of drug-likeness (QED) is 0.638. The third kappa shape index (κ3) is 2.98. The lowest BCUT2D eigenvalue weighted by molar-refractivity contribution is -0.119. The van der Waals surface area contributed by atoms with E-state index >= 15 is 0 Å². The predicted octanol–water partition coefficient (Wildman–Crippen LogP) is 3.78. The molecular weight excluding hydrogens is 406 g/mol. The number of carbonyl (C=O) groups excluding carboxylic acids is 1. The van der Waals surface area contributed by atoms with Crippen molar-refractivity contribution in [2.24, 2.45) is 7.05 Å². The third-order valence-corrected chi connectivity index (χ3v) is 5.62. The zero-order valence-electron chi connectivity index (χ0n) is 15.3. The van der Waals surface area contributed by atoms with Crippen LogP contribution in [-0.4, -0.2) is 22.0 Å². The second-order valence-electron chi connectivity index (χ2n) is 6.86. The minimum absolute atomic E-state index is 0.0763. The smallest absolute Gasteiger partial charge is 0.261 e. The van der Waals surface area contributed by atoms with E-state index in [0.29, 0.717) is 29.7 Å². The van der Waals surface area contributed by atoms with Crippen molar-refractivity contribution in [3.63, 3.8) is 0 Å². The Labute approximate surface area is 165 Å². The first-order chi connectivity index (χ1) is 13.0. The number of carbonyl (C=O) groups is 1. The normalized spacial score (nSPS) is 16.2. The second kappa shape index (κ2) is 6.93.